The number of aliphatic hydroxyl groups excluding tert-OH is 1. The lowest BCUT2D eigenvalue weighted by Crippen LogP contribution is -2.46. The van der Waals surface area contributed by atoms with E-state index in [1.807, 2.05) is 0 Å². The standard InChI is InChI=1S/C12H20N4O/c1-9-3-2-4-12(5-9,8-17)16-11-7-14-6-10(13)15-11/h6-7,9,17H,2-5,8H2,1H3,(H3,13,15,16). The summed E-state index contributed by atoms with van der Waals surface area (Å²) in [6, 6.07) is 0. The van der Waals surface area contributed by atoms with Gasteiger partial charge in [0.15, 0.2) is 0 Å². The van der Waals surface area contributed by atoms with Crippen molar-refractivity contribution in [2.24, 2.45) is 5.92 Å². The molecule has 0 amide bonds. The number of nitrogen functional groups attached to an aromatic ring is 1. The van der Waals surface area contributed by atoms with Gasteiger partial charge in [-0.3, -0.25) is 4.98 Å². The fourth-order valence-corrected chi connectivity index (χ4v) is 2.67. The van der Waals surface area contributed by atoms with Crippen molar-refractivity contribution in [2.45, 2.75) is 38.1 Å². The first-order chi connectivity index (χ1) is 8.13. The second-order valence-electron chi connectivity index (χ2n) is 5.09. The molecule has 2 atom stereocenters. The Morgan fingerprint density at radius 3 is 3.06 bits per heavy atom. The summed E-state index contributed by atoms with van der Waals surface area (Å²) < 4.78 is 0. The van der Waals surface area contributed by atoms with Gasteiger partial charge in [-0.25, -0.2) is 4.98 Å². The largest absolute Gasteiger partial charge is 0.394 e. The van der Waals surface area contributed by atoms with Crippen LogP contribution in [0.5, 0.6) is 0 Å². The average Bonchev–Trinajstić information content (AvgIpc) is 2.29. The summed E-state index contributed by atoms with van der Waals surface area (Å²) in [7, 11) is 0. The maximum atomic E-state index is 9.65. The molecule has 1 aromatic heterocycles. The van der Waals surface area contributed by atoms with Gasteiger partial charge in [0.1, 0.15) is 11.6 Å². The molecule has 1 aliphatic rings. The molecule has 17 heavy (non-hydrogen) atoms. The number of nitrogens with one attached hydrogen (secondary N) is 1. The maximum Gasteiger partial charge on any atom is 0.147 e. The lowest BCUT2D eigenvalue weighted by molar-refractivity contribution is 0.149. The Morgan fingerprint density at radius 1 is 1.59 bits per heavy atom. The van der Waals surface area contributed by atoms with Gasteiger partial charge in [-0.15, -0.1) is 0 Å². The number of aliphatic hydroxyl groups is 1. The van der Waals surface area contributed by atoms with Crippen LogP contribution in [0.4, 0.5) is 11.6 Å². The predicted octanol–water partition coefficient (Wildman–Crippen LogP) is 1.41. The van der Waals surface area contributed by atoms with Gasteiger partial charge in [0, 0.05) is 0 Å². The zero-order valence-electron chi connectivity index (χ0n) is 10.2. The minimum absolute atomic E-state index is 0.119. The van der Waals surface area contributed by atoms with Gasteiger partial charge in [-0.2, -0.15) is 0 Å². The molecule has 1 heterocycles. The van der Waals surface area contributed by atoms with Crippen molar-refractivity contribution in [2.75, 3.05) is 17.7 Å². The fourth-order valence-electron chi connectivity index (χ4n) is 2.67. The lowest BCUT2D eigenvalue weighted by Gasteiger charge is -2.39. The molecule has 1 fully saturated rings. The normalized spacial score (nSPS) is 28.9. The summed E-state index contributed by atoms with van der Waals surface area (Å²) in [5, 5.41) is 13.0. The van der Waals surface area contributed by atoms with E-state index in [2.05, 4.69) is 22.2 Å². The van der Waals surface area contributed by atoms with Gasteiger partial charge in [-0.1, -0.05) is 19.8 Å². The Bertz CT molecular complexity index is 385. The molecule has 0 spiro atoms. The van der Waals surface area contributed by atoms with Crippen LogP contribution in [-0.2, 0) is 0 Å². The van der Waals surface area contributed by atoms with Crippen LogP contribution in [-0.4, -0.2) is 27.2 Å². The van der Waals surface area contributed by atoms with Crippen molar-refractivity contribution < 1.29 is 5.11 Å². The van der Waals surface area contributed by atoms with E-state index in [-0.39, 0.29) is 12.1 Å². The van der Waals surface area contributed by atoms with E-state index < -0.39 is 0 Å². The number of nitrogens with two attached hydrogens (primary N) is 1. The highest BCUT2D eigenvalue weighted by atomic mass is 16.3. The first-order valence-electron chi connectivity index (χ1n) is 6.10. The second kappa shape index (κ2) is 4.87. The van der Waals surface area contributed by atoms with Crippen LogP contribution >= 0.6 is 0 Å². The van der Waals surface area contributed by atoms with Gasteiger partial charge >= 0.3 is 0 Å². The summed E-state index contributed by atoms with van der Waals surface area (Å²) in [6.45, 7) is 2.34. The maximum absolute atomic E-state index is 9.65. The van der Waals surface area contributed by atoms with Crippen LogP contribution in [0.3, 0.4) is 0 Å². The van der Waals surface area contributed by atoms with Crippen molar-refractivity contribution in [3.63, 3.8) is 0 Å². The SMILES string of the molecule is CC1CCCC(CO)(Nc2cncc(N)n2)C1. The van der Waals surface area contributed by atoms with Crippen molar-refractivity contribution >= 4 is 11.6 Å². The monoisotopic (exact) mass is 236 g/mol. The Balaban J connectivity index is 2.13. The van der Waals surface area contributed by atoms with E-state index in [9.17, 15) is 5.11 Å². The van der Waals surface area contributed by atoms with Crippen molar-refractivity contribution in [3.05, 3.63) is 12.4 Å². The minimum Gasteiger partial charge on any atom is -0.394 e. The number of hydrogen-bond acceptors (Lipinski definition) is 5. The Morgan fingerprint density at radius 2 is 2.41 bits per heavy atom. The Kier molecular flexibility index (Phi) is 3.47. The van der Waals surface area contributed by atoms with Crippen molar-refractivity contribution in [1.82, 2.24) is 9.97 Å². The summed E-state index contributed by atoms with van der Waals surface area (Å²) in [5.41, 5.74) is 5.34. The van der Waals surface area contributed by atoms with E-state index in [4.69, 9.17) is 5.73 Å². The Hall–Kier alpha value is -1.36. The third-order valence-corrected chi connectivity index (χ3v) is 3.44. The van der Waals surface area contributed by atoms with Crippen LogP contribution in [0.1, 0.15) is 32.6 Å². The van der Waals surface area contributed by atoms with Crippen molar-refractivity contribution in [3.8, 4) is 0 Å². The zero-order chi connectivity index (χ0) is 12.3. The van der Waals surface area contributed by atoms with Crippen molar-refractivity contribution in [1.29, 1.82) is 0 Å². The van der Waals surface area contributed by atoms with E-state index in [1.54, 1.807) is 6.20 Å². The van der Waals surface area contributed by atoms with Gasteiger partial charge in [0.2, 0.25) is 0 Å². The molecule has 5 nitrogen and oxygen atoms in total. The smallest absolute Gasteiger partial charge is 0.147 e. The molecule has 1 aliphatic carbocycles. The summed E-state index contributed by atoms with van der Waals surface area (Å²) in [5.74, 6) is 1.66. The van der Waals surface area contributed by atoms with Gasteiger partial charge in [0.05, 0.1) is 24.5 Å². The molecule has 0 aliphatic heterocycles. The van der Waals surface area contributed by atoms with E-state index in [1.165, 1.54) is 12.6 Å². The number of aromatic nitrogens is 2. The number of hydrogen-bond donors (Lipinski definition) is 3. The third kappa shape index (κ3) is 2.85. The molecule has 2 unspecified atom stereocenters. The number of rotatable bonds is 3. The van der Waals surface area contributed by atoms with Crippen LogP contribution < -0.4 is 11.1 Å². The summed E-state index contributed by atoms with van der Waals surface area (Å²) in [6.07, 6.45) is 7.44. The minimum atomic E-state index is -0.264. The van der Waals surface area contributed by atoms with E-state index in [0.717, 1.165) is 19.3 Å². The van der Waals surface area contributed by atoms with E-state index >= 15 is 0 Å². The highest BCUT2D eigenvalue weighted by Gasteiger charge is 2.34. The fraction of sp³-hybridized carbons (Fsp3) is 0.667. The molecule has 1 saturated carbocycles. The molecule has 4 N–H and O–H groups in total. The summed E-state index contributed by atoms with van der Waals surface area (Å²) in [4.78, 5) is 8.18. The van der Waals surface area contributed by atoms with Gasteiger partial charge in [0.25, 0.3) is 0 Å². The molecule has 0 aromatic carbocycles. The van der Waals surface area contributed by atoms with Gasteiger partial charge < -0.3 is 16.2 Å². The molecular formula is C12H20N4O. The zero-order valence-corrected chi connectivity index (χ0v) is 10.2. The average molecular weight is 236 g/mol. The molecule has 0 radical (unpaired) electrons. The highest BCUT2D eigenvalue weighted by molar-refractivity contribution is 5.41. The number of nitrogens with zero attached hydrogens (tertiary/aromatic N) is 2. The number of anilines is 2. The van der Waals surface area contributed by atoms with Crippen LogP contribution in [0.2, 0.25) is 0 Å². The third-order valence-electron chi connectivity index (χ3n) is 3.44. The van der Waals surface area contributed by atoms with Crippen LogP contribution in [0.15, 0.2) is 12.4 Å². The van der Waals surface area contributed by atoms with Gasteiger partial charge in [-0.05, 0) is 18.8 Å². The Labute approximate surface area is 101 Å². The predicted molar refractivity (Wildman–Crippen MR) is 67.5 cm³/mol. The molecular weight excluding hydrogens is 216 g/mol. The molecule has 5 heteroatoms. The molecule has 94 valence electrons. The first-order valence-corrected chi connectivity index (χ1v) is 6.10. The molecule has 1 aromatic rings. The summed E-state index contributed by atoms with van der Waals surface area (Å²) >= 11 is 0. The first kappa shape index (κ1) is 12.1. The molecule has 0 bridgehead atoms. The van der Waals surface area contributed by atoms with Crippen LogP contribution in [0, 0.1) is 5.92 Å². The molecule has 2 rings (SSSR count). The topological polar surface area (TPSA) is 84.1 Å². The van der Waals surface area contributed by atoms with E-state index in [0.29, 0.717) is 17.6 Å². The second-order valence-corrected chi connectivity index (χ2v) is 5.09. The highest BCUT2D eigenvalue weighted by Crippen LogP contribution is 2.34. The van der Waals surface area contributed by atoms with Crippen LogP contribution in [0.25, 0.3) is 0 Å². The molecule has 0 saturated heterocycles. The quantitative estimate of drug-likeness (QED) is 0.739. The lowest BCUT2D eigenvalue weighted by atomic mass is 9.77.